The number of aliphatic hydroxyl groups excluding tert-OH is 1. The molecule has 19 heavy (non-hydrogen) atoms. The van der Waals surface area contributed by atoms with E-state index in [0.717, 1.165) is 24.3 Å². The molecule has 1 aromatic carbocycles. The number of carbonyl (C=O) groups excluding carboxylic acids is 2. The van der Waals surface area contributed by atoms with E-state index in [0.29, 0.717) is 24.3 Å². The summed E-state index contributed by atoms with van der Waals surface area (Å²) in [6.45, 7) is 1.85. The van der Waals surface area contributed by atoms with E-state index in [2.05, 4.69) is 0 Å². The number of fused-ring (bicyclic) bond motifs is 1. The molecular weight excluding hydrogens is 244 g/mol. The molecule has 0 spiro atoms. The summed E-state index contributed by atoms with van der Waals surface area (Å²) in [5.41, 5.74) is 0.980. The quantitative estimate of drug-likeness (QED) is 0.691. The number of likely N-dealkylation sites (tertiary alicyclic amines) is 1. The van der Waals surface area contributed by atoms with Crippen molar-refractivity contribution in [3.05, 3.63) is 35.4 Å². The second-order valence-corrected chi connectivity index (χ2v) is 5.24. The smallest absolute Gasteiger partial charge is 0.265 e. The van der Waals surface area contributed by atoms with Gasteiger partial charge < -0.3 is 10.0 Å². The summed E-state index contributed by atoms with van der Waals surface area (Å²) in [7, 11) is 0. The zero-order valence-electron chi connectivity index (χ0n) is 10.6. The maximum Gasteiger partial charge on any atom is 0.265 e. The van der Waals surface area contributed by atoms with Crippen LogP contribution in [0.25, 0.3) is 0 Å². The molecule has 5 nitrogen and oxygen atoms in total. The van der Waals surface area contributed by atoms with Crippen LogP contribution in [0.4, 0.5) is 0 Å². The van der Waals surface area contributed by atoms with Gasteiger partial charge in [0.15, 0.2) is 6.67 Å². The standard InChI is InChI=1S/C14H16N2O3/c17-10-4-3-7-15(8-10)9-16-13(18)11-5-1-2-6-12(11)14(16)19/h1-2,5-6,10,17H,3-4,7-9H2/p+1/t10-/m1/s1. The van der Waals surface area contributed by atoms with Crippen LogP contribution in [0, 0.1) is 0 Å². The fourth-order valence-electron chi connectivity index (χ4n) is 2.87. The van der Waals surface area contributed by atoms with E-state index in [-0.39, 0.29) is 17.9 Å². The van der Waals surface area contributed by atoms with Crippen LogP contribution in [-0.4, -0.2) is 47.7 Å². The molecular formula is C14H17N2O3+. The third kappa shape index (κ3) is 2.15. The summed E-state index contributed by atoms with van der Waals surface area (Å²) in [5.74, 6) is -0.429. The number of quaternary nitrogens is 1. The van der Waals surface area contributed by atoms with Crippen LogP contribution < -0.4 is 4.90 Å². The third-order valence-corrected chi connectivity index (χ3v) is 3.85. The van der Waals surface area contributed by atoms with Crippen molar-refractivity contribution in [3.8, 4) is 0 Å². The molecule has 2 atom stereocenters. The second kappa shape index (κ2) is 4.75. The maximum atomic E-state index is 12.2. The van der Waals surface area contributed by atoms with Gasteiger partial charge in [0.05, 0.1) is 17.7 Å². The highest BCUT2D eigenvalue weighted by molar-refractivity contribution is 6.21. The minimum absolute atomic E-state index is 0.215. The van der Waals surface area contributed by atoms with Crippen molar-refractivity contribution in [1.82, 2.24) is 4.90 Å². The first kappa shape index (κ1) is 12.3. The van der Waals surface area contributed by atoms with Gasteiger partial charge in [-0.3, -0.25) is 9.59 Å². The average molecular weight is 261 g/mol. The van der Waals surface area contributed by atoms with Crippen LogP contribution in [0.1, 0.15) is 33.6 Å². The van der Waals surface area contributed by atoms with Crippen molar-refractivity contribution < 1.29 is 19.6 Å². The molecule has 2 amide bonds. The molecule has 2 heterocycles. The van der Waals surface area contributed by atoms with Crippen LogP contribution >= 0.6 is 0 Å². The number of nitrogens with one attached hydrogen (secondary N) is 1. The Morgan fingerprint density at radius 2 is 1.84 bits per heavy atom. The lowest BCUT2D eigenvalue weighted by Gasteiger charge is -2.29. The van der Waals surface area contributed by atoms with Crippen molar-refractivity contribution >= 4 is 11.8 Å². The Bertz CT molecular complexity index is 494. The first-order valence-electron chi connectivity index (χ1n) is 6.63. The van der Waals surface area contributed by atoms with Gasteiger partial charge in [-0.25, -0.2) is 4.90 Å². The average Bonchev–Trinajstić information content (AvgIpc) is 2.65. The zero-order valence-corrected chi connectivity index (χ0v) is 10.6. The number of piperidine rings is 1. The summed E-state index contributed by atoms with van der Waals surface area (Å²) in [5, 5.41) is 9.65. The van der Waals surface area contributed by atoms with Crippen molar-refractivity contribution in [1.29, 1.82) is 0 Å². The number of hydrogen-bond donors (Lipinski definition) is 2. The lowest BCUT2D eigenvalue weighted by molar-refractivity contribution is -0.915. The van der Waals surface area contributed by atoms with Gasteiger partial charge in [-0.2, -0.15) is 0 Å². The largest absolute Gasteiger partial charge is 0.387 e. The van der Waals surface area contributed by atoms with Crippen LogP contribution in [0.3, 0.4) is 0 Å². The topological polar surface area (TPSA) is 62.0 Å². The fourth-order valence-corrected chi connectivity index (χ4v) is 2.87. The number of imide groups is 1. The molecule has 1 fully saturated rings. The normalized spacial score (nSPS) is 26.7. The Morgan fingerprint density at radius 3 is 2.42 bits per heavy atom. The van der Waals surface area contributed by atoms with Gasteiger partial charge in [0.2, 0.25) is 0 Å². The Labute approximate surface area is 111 Å². The zero-order chi connectivity index (χ0) is 13.4. The molecule has 2 aliphatic heterocycles. The molecule has 0 bridgehead atoms. The Kier molecular flexibility index (Phi) is 3.08. The molecule has 0 radical (unpaired) electrons. The summed E-state index contributed by atoms with van der Waals surface area (Å²) >= 11 is 0. The highest BCUT2D eigenvalue weighted by Gasteiger charge is 2.38. The van der Waals surface area contributed by atoms with Gasteiger partial charge in [0, 0.05) is 0 Å². The SMILES string of the molecule is O=C1c2ccccc2C(=O)N1C[NH+]1CCC[C@@H](O)C1. The molecule has 100 valence electrons. The molecule has 1 aromatic rings. The second-order valence-electron chi connectivity index (χ2n) is 5.24. The molecule has 5 heteroatoms. The molecule has 3 rings (SSSR count). The highest BCUT2D eigenvalue weighted by Crippen LogP contribution is 2.21. The first-order chi connectivity index (χ1) is 9.16. The molecule has 2 N–H and O–H groups in total. The van der Waals surface area contributed by atoms with Gasteiger partial charge in [0.1, 0.15) is 12.6 Å². The van der Waals surface area contributed by atoms with Gasteiger partial charge in [-0.1, -0.05) is 12.1 Å². The number of nitrogens with zero attached hydrogens (tertiary/aromatic N) is 1. The predicted octanol–water partition coefficient (Wildman–Crippen LogP) is -0.720. The Balaban J connectivity index is 1.77. The van der Waals surface area contributed by atoms with Crippen molar-refractivity contribution in [2.24, 2.45) is 0 Å². The van der Waals surface area contributed by atoms with Crippen molar-refractivity contribution in [2.75, 3.05) is 19.8 Å². The number of carbonyl (C=O) groups is 2. The summed E-state index contributed by atoms with van der Waals surface area (Å²) in [4.78, 5) is 26.8. The van der Waals surface area contributed by atoms with Crippen LogP contribution in [-0.2, 0) is 0 Å². The van der Waals surface area contributed by atoms with E-state index >= 15 is 0 Å². The lowest BCUT2D eigenvalue weighted by Crippen LogP contribution is -3.15. The highest BCUT2D eigenvalue weighted by atomic mass is 16.3. The number of hydrogen-bond acceptors (Lipinski definition) is 3. The van der Waals surface area contributed by atoms with E-state index in [1.165, 1.54) is 4.90 Å². The van der Waals surface area contributed by atoms with Gasteiger partial charge in [-0.15, -0.1) is 0 Å². The lowest BCUT2D eigenvalue weighted by atomic mass is 10.1. The molecule has 0 aromatic heterocycles. The van der Waals surface area contributed by atoms with E-state index in [9.17, 15) is 14.7 Å². The van der Waals surface area contributed by atoms with E-state index in [1.807, 2.05) is 0 Å². The fraction of sp³-hybridized carbons (Fsp3) is 0.429. The van der Waals surface area contributed by atoms with Crippen molar-refractivity contribution in [3.63, 3.8) is 0 Å². The molecule has 0 aliphatic carbocycles. The third-order valence-electron chi connectivity index (χ3n) is 3.85. The summed E-state index contributed by atoms with van der Waals surface area (Å²) in [6.07, 6.45) is 1.42. The number of aliphatic hydroxyl groups is 1. The molecule has 1 saturated heterocycles. The maximum absolute atomic E-state index is 12.2. The summed E-state index contributed by atoms with van der Waals surface area (Å²) < 4.78 is 0. The molecule has 1 unspecified atom stereocenters. The van der Waals surface area contributed by atoms with E-state index < -0.39 is 0 Å². The number of amides is 2. The van der Waals surface area contributed by atoms with Crippen LogP contribution in [0.2, 0.25) is 0 Å². The number of rotatable bonds is 2. The van der Waals surface area contributed by atoms with E-state index in [4.69, 9.17) is 0 Å². The Hall–Kier alpha value is -1.72. The van der Waals surface area contributed by atoms with Crippen LogP contribution in [0.5, 0.6) is 0 Å². The predicted molar refractivity (Wildman–Crippen MR) is 67.7 cm³/mol. The van der Waals surface area contributed by atoms with Gasteiger partial charge in [-0.05, 0) is 25.0 Å². The number of benzene rings is 1. The van der Waals surface area contributed by atoms with E-state index in [1.54, 1.807) is 24.3 Å². The minimum Gasteiger partial charge on any atom is -0.387 e. The Morgan fingerprint density at radius 1 is 1.21 bits per heavy atom. The monoisotopic (exact) mass is 261 g/mol. The molecule has 0 saturated carbocycles. The minimum atomic E-state index is -0.320. The van der Waals surface area contributed by atoms with Crippen molar-refractivity contribution in [2.45, 2.75) is 18.9 Å². The summed E-state index contributed by atoms with van der Waals surface area (Å²) in [6, 6.07) is 6.92. The van der Waals surface area contributed by atoms with Crippen LogP contribution in [0.15, 0.2) is 24.3 Å². The van der Waals surface area contributed by atoms with Gasteiger partial charge in [0.25, 0.3) is 11.8 Å². The van der Waals surface area contributed by atoms with Gasteiger partial charge >= 0.3 is 0 Å². The first-order valence-corrected chi connectivity index (χ1v) is 6.63. The molecule has 2 aliphatic rings.